The second kappa shape index (κ2) is 5.10. The molecule has 6 heteroatoms. The highest BCUT2D eigenvalue weighted by atomic mass is 35.5. The van der Waals surface area contributed by atoms with E-state index in [1.165, 1.54) is 10.8 Å². The Bertz CT molecular complexity index is 605. The molecule has 0 saturated heterocycles. The number of nitrogen functional groups attached to an aromatic ring is 1. The summed E-state index contributed by atoms with van der Waals surface area (Å²) in [5.74, 6) is 0.205. The van der Waals surface area contributed by atoms with Gasteiger partial charge in [-0.3, -0.25) is 4.79 Å². The van der Waals surface area contributed by atoms with E-state index in [1.807, 2.05) is 6.92 Å². The SMILES string of the molecule is CCn1ccnc(Oc2c(N)cccc2Cl)c1=O. The van der Waals surface area contributed by atoms with Gasteiger partial charge in [-0.1, -0.05) is 17.7 Å². The van der Waals surface area contributed by atoms with Gasteiger partial charge < -0.3 is 15.0 Å². The van der Waals surface area contributed by atoms with E-state index in [2.05, 4.69) is 4.98 Å². The van der Waals surface area contributed by atoms with Crippen molar-refractivity contribution < 1.29 is 4.74 Å². The highest BCUT2D eigenvalue weighted by molar-refractivity contribution is 6.32. The Balaban J connectivity index is 2.44. The monoisotopic (exact) mass is 265 g/mol. The summed E-state index contributed by atoms with van der Waals surface area (Å²) >= 11 is 5.96. The molecule has 1 aromatic carbocycles. The minimum Gasteiger partial charge on any atom is -0.431 e. The van der Waals surface area contributed by atoms with Crippen molar-refractivity contribution in [3.05, 3.63) is 46.0 Å². The summed E-state index contributed by atoms with van der Waals surface area (Å²) in [7, 11) is 0. The predicted molar refractivity (Wildman–Crippen MR) is 70.1 cm³/mol. The molecule has 0 aliphatic carbocycles. The summed E-state index contributed by atoms with van der Waals surface area (Å²) in [6.45, 7) is 2.39. The van der Waals surface area contributed by atoms with Gasteiger partial charge in [-0.2, -0.15) is 0 Å². The Morgan fingerprint density at radius 2 is 2.28 bits per heavy atom. The normalized spacial score (nSPS) is 10.3. The lowest BCUT2D eigenvalue weighted by atomic mass is 10.3. The summed E-state index contributed by atoms with van der Waals surface area (Å²) < 4.78 is 6.89. The highest BCUT2D eigenvalue weighted by Crippen LogP contribution is 2.32. The molecule has 0 atom stereocenters. The number of hydrogen-bond donors (Lipinski definition) is 1. The van der Waals surface area contributed by atoms with Crippen molar-refractivity contribution in [2.45, 2.75) is 13.5 Å². The van der Waals surface area contributed by atoms with Gasteiger partial charge in [0.2, 0.25) is 0 Å². The van der Waals surface area contributed by atoms with Gasteiger partial charge in [0.05, 0.1) is 10.7 Å². The molecule has 0 fully saturated rings. The molecule has 94 valence electrons. The quantitative estimate of drug-likeness (QED) is 0.865. The molecule has 0 spiro atoms. The van der Waals surface area contributed by atoms with Crippen LogP contribution in [0.15, 0.2) is 35.4 Å². The number of aryl methyl sites for hydroxylation is 1. The summed E-state index contributed by atoms with van der Waals surface area (Å²) in [5, 5.41) is 0.336. The summed E-state index contributed by atoms with van der Waals surface area (Å²) in [6.07, 6.45) is 3.08. The van der Waals surface area contributed by atoms with Gasteiger partial charge in [0.1, 0.15) is 0 Å². The third-order valence-electron chi connectivity index (χ3n) is 2.42. The van der Waals surface area contributed by atoms with Crippen LogP contribution in [-0.4, -0.2) is 9.55 Å². The molecule has 0 amide bonds. The molecule has 0 aliphatic heterocycles. The van der Waals surface area contributed by atoms with Crippen LogP contribution in [0, 0.1) is 0 Å². The minimum atomic E-state index is -0.320. The van der Waals surface area contributed by atoms with Gasteiger partial charge in [-0.25, -0.2) is 4.98 Å². The van der Waals surface area contributed by atoms with Crippen LogP contribution in [0.1, 0.15) is 6.92 Å². The molecule has 0 unspecified atom stereocenters. The number of halogens is 1. The van der Waals surface area contributed by atoms with E-state index < -0.39 is 0 Å². The van der Waals surface area contributed by atoms with Crippen molar-refractivity contribution in [2.75, 3.05) is 5.73 Å². The van der Waals surface area contributed by atoms with E-state index in [0.717, 1.165) is 0 Å². The lowest BCUT2D eigenvalue weighted by Crippen LogP contribution is -2.20. The van der Waals surface area contributed by atoms with Gasteiger partial charge in [0.25, 0.3) is 5.88 Å². The number of hydrogen-bond acceptors (Lipinski definition) is 4. The summed E-state index contributed by atoms with van der Waals surface area (Å²) in [5.41, 5.74) is 5.78. The van der Waals surface area contributed by atoms with Crippen LogP contribution in [0.25, 0.3) is 0 Å². The largest absolute Gasteiger partial charge is 0.431 e. The first kappa shape index (κ1) is 12.4. The number of anilines is 1. The van der Waals surface area contributed by atoms with Crippen LogP contribution in [0.5, 0.6) is 11.6 Å². The molecule has 2 aromatic rings. The average molecular weight is 266 g/mol. The first-order valence-corrected chi connectivity index (χ1v) is 5.78. The smallest absolute Gasteiger partial charge is 0.313 e. The number of rotatable bonds is 3. The fourth-order valence-electron chi connectivity index (χ4n) is 1.48. The fraction of sp³-hybridized carbons (Fsp3) is 0.167. The fourth-order valence-corrected chi connectivity index (χ4v) is 1.70. The number of nitrogens with two attached hydrogens (primary N) is 1. The van der Waals surface area contributed by atoms with Gasteiger partial charge in [0.15, 0.2) is 5.75 Å². The summed E-state index contributed by atoms with van der Waals surface area (Å²) in [6, 6.07) is 4.98. The molecule has 2 N–H and O–H groups in total. The van der Waals surface area contributed by atoms with Crippen molar-refractivity contribution in [3.63, 3.8) is 0 Å². The molecule has 1 heterocycles. The van der Waals surface area contributed by atoms with Crippen LogP contribution >= 0.6 is 11.6 Å². The van der Waals surface area contributed by atoms with Crippen LogP contribution in [0.3, 0.4) is 0 Å². The minimum absolute atomic E-state index is 0.0425. The van der Waals surface area contributed by atoms with Crippen molar-refractivity contribution in [2.24, 2.45) is 0 Å². The number of benzene rings is 1. The Morgan fingerprint density at radius 3 is 2.94 bits per heavy atom. The maximum atomic E-state index is 11.9. The van der Waals surface area contributed by atoms with Crippen molar-refractivity contribution >= 4 is 17.3 Å². The Labute approximate surface area is 109 Å². The second-order valence-electron chi connectivity index (χ2n) is 3.58. The molecule has 0 saturated carbocycles. The number of nitrogens with zero attached hydrogens (tertiary/aromatic N) is 2. The zero-order valence-corrected chi connectivity index (χ0v) is 10.5. The zero-order chi connectivity index (χ0) is 13.1. The molecule has 0 radical (unpaired) electrons. The maximum Gasteiger partial charge on any atom is 0.313 e. The van der Waals surface area contributed by atoms with Crippen LogP contribution < -0.4 is 16.0 Å². The Kier molecular flexibility index (Phi) is 3.53. The molecule has 0 aliphatic rings. The Morgan fingerprint density at radius 1 is 1.50 bits per heavy atom. The van der Waals surface area contributed by atoms with E-state index >= 15 is 0 Å². The second-order valence-corrected chi connectivity index (χ2v) is 3.99. The number of aromatic nitrogens is 2. The van der Waals surface area contributed by atoms with E-state index in [0.29, 0.717) is 17.3 Å². The lowest BCUT2D eigenvalue weighted by molar-refractivity contribution is 0.448. The van der Waals surface area contributed by atoms with E-state index in [4.69, 9.17) is 22.1 Å². The Hall–Kier alpha value is -2.01. The maximum absolute atomic E-state index is 11.9. The average Bonchev–Trinajstić information content (AvgIpc) is 2.36. The van der Waals surface area contributed by atoms with Gasteiger partial charge >= 0.3 is 5.56 Å². The van der Waals surface area contributed by atoms with Crippen LogP contribution in [0.4, 0.5) is 5.69 Å². The molecule has 0 bridgehead atoms. The van der Waals surface area contributed by atoms with Gasteiger partial charge in [-0.15, -0.1) is 0 Å². The highest BCUT2D eigenvalue weighted by Gasteiger charge is 2.11. The van der Waals surface area contributed by atoms with E-state index in [1.54, 1.807) is 24.4 Å². The van der Waals surface area contributed by atoms with Crippen molar-refractivity contribution in [1.29, 1.82) is 0 Å². The molecule has 18 heavy (non-hydrogen) atoms. The zero-order valence-electron chi connectivity index (χ0n) is 9.76. The topological polar surface area (TPSA) is 70.1 Å². The molecule has 2 rings (SSSR count). The van der Waals surface area contributed by atoms with E-state index in [-0.39, 0.29) is 17.2 Å². The van der Waals surface area contributed by atoms with Crippen LogP contribution in [0.2, 0.25) is 5.02 Å². The van der Waals surface area contributed by atoms with Crippen molar-refractivity contribution in [3.8, 4) is 11.6 Å². The third-order valence-corrected chi connectivity index (χ3v) is 2.72. The van der Waals surface area contributed by atoms with Crippen molar-refractivity contribution in [1.82, 2.24) is 9.55 Å². The number of ether oxygens (including phenoxy) is 1. The predicted octanol–water partition coefficient (Wildman–Crippen LogP) is 2.29. The van der Waals surface area contributed by atoms with Gasteiger partial charge in [-0.05, 0) is 19.1 Å². The standard InChI is InChI=1S/C12H12ClN3O2/c1-2-16-7-6-15-11(12(16)17)18-10-8(13)4-3-5-9(10)14/h3-7H,2,14H2,1H3. The number of para-hydroxylation sites is 1. The molecular formula is C12H12ClN3O2. The molecule has 5 nitrogen and oxygen atoms in total. The van der Waals surface area contributed by atoms with Gasteiger partial charge in [0, 0.05) is 18.9 Å². The third kappa shape index (κ3) is 2.31. The van der Waals surface area contributed by atoms with E-state index in [9.17, 15) is 4.79 Å². The lowest BCUT2D eigenvalue weighted by Gasteiger charge is -2.09. The first-order valence-electron chi connectivity index (χ1n) is 5.40. The molecule has 1 aromatic heterocycles. The summed E-state index contributed by atoms with van der Waals surface area (Å²) in [4.78, 5) is 15.8. The molecular weight excluding hydrogens is 254 g/mol. The van der Waals surface area contributed by atoms with Crippen LogP contribution in [-0.2, 0) is 6.54 Å². The first-order chi connectivity index (χ1) is 8.63.